The second kappa shape index (κ2) is 9.11. The number of nitrogens with one attached hydrogen (secondary N) is 1. The molecular formula is C23H22N4O4S. The summed E-state index contributed by atoms with van der Waals surface area (Å²) in [4.78, 5) is 17.6. The summed E-state index contributed by atoms with van der Waals surface area (Å²) in [5, 5.41) is 10.0. The van der Waals surface area contributed by atoms with Gasteiger partial charge in [0.1, 0.15) is 23.1 Å². The normalized spacial score (nSPS) is 10.6. The van der Waals surface area contributed by atoms with Crippen LogP contribution in [0.4, 0.5) is 5.82 Å². The monoisotopic (exact) mass is 450 g/mol. The van der Waals surface area contributed by atoms with E-state index in [2.05, 4.69) is 10.4 Å². The summed E-state index contributed by atoms with van der Waals surface area (Å²) in [6, 6.07) is 14.5. The molecule has 0 spiro atoms. The fourth-order valence-electron chi connectivity index (χ4n) is 3.12. The van der Waals surface area contributed by atoms with Crippen LogP contribution >= 0.6 is 11.3 Å². The van der Waals surface area contributed by atoms with Crippen LogP contribution in [-0.2, 0) is 0 Å². The number of ether oxygens (including phenoxy) is 3. The maximum Gasteiger partial charge on any atom is 0.257 e. The number of amides is 1. The summed E-state index contributed by atoms with van der Waals surface area (Å²) in [6.07, 6.45) is 0. The Morgan fingerprint density at radius 1 is 0.938 bits per heavy atom. The molecule has 4 aromatic rings. The minimum absolute atomic E-state index is 0.310. The smallest absolute Gasteiger partial charge is 0.257 e. The first-order valence-electron chi connectivity index (χ1n) is 9.72. The van der Waals surface area contributed by atoms with Crippen LogP contribution in [0.2, 0.25) is 0 Å². The van der Waals surface area contributed by atoms with Crippen molar-refractivity contribution >= 4 is 23.1 Å². The molecule has 2 aromatic heterocycles. The zero-order valence-electron chi connectivity index (χ0n) is 18.1. The van der Waals surface area contributed by atoms with Crippen molar-refractivity contribution < 1.29 is 19.0 Å². The van der Waals surface area contributed by atoms with Gasteiger partial charge in [-0.1, -0.05) is 0 Å². The predicted molar refractivity (Wildman–Crippen MR) is 123 cm³/mol. The number of thiazole rings is 1. The number of nitrogens with zero attached hydrogens (tertiary/aromatic N) is 3. The molecule has 0 atom stereocenters. The van der Waals surface area contributed by atoms with Crippen molar-refractivity contribution in [2.45, 2.75) is 6.92 Å². The summed E-state index contributed by atoms with van der Waals surface area (Å²) in [5.74, 6) is 2.05. The van der Waals surface area contributed by atoms with Gasteiger partial charge in [0, 0.05) is 28.6 Å². The molecule has 164 valence electrons. The van der Waals surface area contributed by atoms with E-state index in [1.807, 2.05) is 36.6 Å². The molecule has 2 aromatic carbocycles. The van der Waals surface area contributed by atoms with Crippen LogP contribution in [0.5, 0.6) is 17.2 Å². The van der Waals surface area contributed by atoms with Crippen LogP contribution in [-0.4, -0.2) is 42.0 Å². The van der Waals surface area contributed by atoms with Crippen molar-refractivity contribution in [1.29, 1.82) is 0 Å². The number of rotatable bonds is 7. The van der Waals surface area contributed by atoms with Gasteiger partial charge in [0.25, 0.3) is 5.91 Å². The molecule has 0 fully saturated rings. The molecule has 0 aliphatic carbocycles. The Morgan fingerprint density at radius 2 is 1.59 bits per heavy atom. The van der Waals surface area contributed by atoms with E-state index in [1.165, 1.54) is 25.6 Å². The number of benzene rings is 2. The van der Waals surface area contributed by atoms with Crippen LogP contribution < -0.4 is 19.5 Å². The molecule has 4 rings (SSSR count). The first kappa shape index (κ1) is 21.4. The number of hydrogen-bond donors (Lipinski definition) is 1. The molecule has 2 heterocycles. The molecular weight excluding hydrogens is 428 g/mol. The molecule has 0 aliphatic heterocycles. The van der Waals surface area contributed by atoms with Gasteiger partial charge in [-0.3, -0.25) is 4.79 Å². The fraction of sp³-hybridized carbons (Fsp3) is 0.174. The van der Waals surface area contributed by atoms with Crippen LogP contribution in [0.15, 0.2) is 53.9 Å². The molecule has 8 nitrogen and oxygen atoms in total. The van der Waals surface area contributed by atoms with E-state index in [9.17, 15) is 4.79 Å². The molecule has 1 N–H and O–H groups in total. The lowest BCUT2D eigenvalue weighted by molar-refractivity contribution is 0.102. The van der Waals surface area contributed by atoms with Crippen molar-refractivity contribution in [3.8, 4) is 33.6 Å². The fourth-order valence-corrected chi connectivity index (χ4v) is 3.91. The van der Waals surface area contributed by atoms with E-state index in [1.54, 1.807) is 36.1 Å². The molecule has 0 radical (unpaired) electrons. The Kier molecular flexibility index (Phi) is 6.09. The Morgan fingerprint density at radius 3 is 2.22 bits per heavy atom. The van der Waals surface area contributed by atoms with Crippen LogP contribution in [0.25, 0.3) is 16.4 Å². The van der Waals surface area contributed by atoms with E-state index in [0.717, 1.165) is 22.7 Å². The first-order chi connectivity index (χ1) is 15.5. The van der Waals surface area contributed by atoms with E-state index in [-0.39, 0.29) is 5.91 Å². The van der Waals surface area contributed by atoms with Gasteiger partial charge in [0.05, 0.1) is 32.7 Å². The molecule has 32 heavy (non-hydrogen) atoms. The van der Waals surface area contributed by atoms with Gasteiger partial charge in [0.2, 0.25) is 5.13 Å². The molecule has 9 heteroatoms. The lowest BCUT2D eigenvalue weighted by Crippen LogP contribution is -2.15. The average molecular weight is 451 g/mol. The van der Waals surface area contributed by atoms with Gasteiger partial charge >= 0.3 is 0 Å². The summed E-state index contributed by atoms with van der Waals surface area (Å²) < 4.78 is 17.4. The van der Waals surface area contributed by atoms with E-state index in [0.29, 0.717) is 28.0 Å². The number of carbonyl (C=O) groups is 1. The number of carbonyl (C=O) groups excluding carboxylic acids is 1. The topological polar surface area (TPSA) is 87.5 Å². The third-order valence-electron chi connectivity index (χ3n) is 4.75. The zero-order chi connectivity index (χ0) is 22.7. The molecule has 1 amide bonds. The highest BCUT2D eigenvalue weighted by Gasteiger charge is 2.17. The number of anilines is 1. The van der Waals surface area contributed by atoms with Crippen LogP contribution in [0, 0.1) is 6.92 Å². The van der Waals surface area contributed by atoms with E-state index >= 15 is 0 Å². The summed E-state index contributed by atoms with van der Waals surface area (Å²) in [6.45, 7) is 1.86. The van der Waals surface area contributed by atoms with Gasteiger partial charge in [-0.15, -0.1) is 11.3 Å². The quantitative estimate of drug-likeness (QED) is 0.443. The maximum atomic E-state index is 12.9. The number of methoxy groups -OCH3 is 3. The van der Waals surface area contributed by atoms with E-state index < -0.39 is 0 Å². The van der Waals surface area contributed by atoms with Gasteiger partial charge < -0.3 is 19.5 Å². The minimum atomic E-state index is -0.310. The number of hydrogen-bond acceptors (Lipinski definition) is 7. The molecule has 0 saturated carbocycles. The summed E-state index contributed by atoms with van der Waals surface area (Å²) >= 11 is 1.44. The molecule has 0 bridgehead atoms. The third kappa shape index (κ3) is 4.42. The highest BCUT2D eigenvalue weighted by atomic mass is 32.1. The van der Waals surface area contributed by atoms with Crippen molar-refractivity contribution in [3.05, 3.63) is 65.2 Å². The number of aromatic nitrogens is 3. The van der Waals surface area contributed by atoms with Crippen molar-refractivity contribution in [3.63, 3.8) is 0 Å². The molecule has 0 aliphatic rings. The van der Waals surface area contributed by atoms with Gasteiger partial charge in [-0.2, -0.15) is 9.78 Å². The van der Waals surface area contributed by atoms with Crippen molar-refractivity contribution in [2.75, 3.05) is 26.6 Å². The Hall–Kier alpha value is -3.85. The molecule has 0 saturated heterocycles. The maximum absolute atomic E-state index is 12.9. The largest absolute Gasteiger partial charge is 0.497 e. The lowest BCUT2D eigenvalue weighted by atomic mass is 10.2. The first-order valence-corrected chi connectivity index (χ1v) is 10.6. The third-order valence-corrected chi connectivity index (χ3v) is 5.56. The van der Waals surface area contributed by atoms with Gasteiger partial charge in [0.15, 0.2) is 0 Å². The Balaban J connectivity index is 1.61. The summed E-state index contributed by atoms with van der Waals surface area (Å²) in [7, 11) is 4.71. The van der Waals surface area contributed by atoms with Crippen LogP contribution in [0.1, 0.15) is 16.1 Å². The lowest BCUT2D eigenvalue weighted by Gasteiger charge is -2.10. The highest BCUT2D eigenvalue weighted by Crippen LogP contribution is 2.28. The van der Waals surface area contributed by atoms with Crippen LogP contribution in [0.3, 0.4) is 0 Å². The molecule has 0 unspecified atom stereocenters. The van der Waals surface area contributed by atoms with E-state index in [4.69, 9.17) is 19.2 Å². The predicted octanol–water partition coefficient (Wildman–Crippen LogP) is 4.58. The van der Waals surface area contributed by atoms with Gasteiger partial charge in [-0.25, -0.2) is 4.98 Å². The second-order valence-corrected chi connectivity index (χ2v) is 7.72. The minimum Gasteiger partial charge on any atom is -0.497 e. The zero-order valence-corrected chi connectivity index (χ0v) is 18.9. The highest BCUT2D eigenvalue weighted by molar-refractivity contribution is 7.12. The SMILES string of the molecule is COc1ccc(-c2csc(-n3nc(C)cc3NC(=O)c3cc(OC)cc(OC)c3)n2)cc1. The summed E-state index contributed by atoms with van der Waals surface area (Å²) in [5.41, 5.74) is 2.94. The van der Waals surface area contributed by atoms with Crippen molar-refractivity contribution in [2.24, 2.45) is 0 Å². The second-order valence-electron chi connectivity index (χ2n) is 6.88. The number of aryl methyl sites for hydroxylation is 1. The van der Waals surface area contributed by atoms with Gasteiger partial charge in [-0.05, 0) is 43.3 Å². The standard InChI is InChI=1S/C23H22N4O4S/c1-14-9-21(25-22(28)16-10-18(30-3)12-19(11-16)31-4)27(26-14)23-24-20(13-32-23)15-5-7-17(29-2)8-6-15/h5-13H,1-4H3,(H,25,28). The average Bonchev–Trinajstić information content (AvgIpc) is 3.45. The Bertz CT molecular complexity index is 1230. The Labute approximate surface area is 189 Å². The van der Waals surface area contributed by atoms with Crippen molar-refractivity contribution in [1.82, 2.24) is 14.8 Å².